The second kappa shape index (κ2) is 5.63. The first-order valence-corrected chi connectivity index (χ1v) is 7.14. The van der Waals surface area contributed by atoms with Crippen LogP contribution in [0.25, 0.3) is 10.9 Å². The number of amides is 1. The van der Waals surface area contributed by atoms with Crippen molar-refractivity contribution in [3.8, 4) is 0 Å². The van der Waals surface area contributed by atoms with Gasteiger partial charge in [-0.25, -0.2) is 0 Å². The lowest BCUT2D eigenvalue weighted by molar-refractivity contribution is -0.120. The molecule has 0 aliphatic rings. The highest BCUT2D eigenvalue weighted by Gasteiger charge is 2.09. The van der Waals surface area contributed by atoms with Crippen LogP contribution < -0.4 is 5.32 Å². The highest BCUT2D eigenvalue weighted by molar-refractivity contribution is 5.82. The van der Waals surface area contributed by atoms with Gasteiger partial charge < -0.3 is 14.4 Å². The molecule has 0 bridgehead atoms. The van der Waals surface area contributed by atoms with Gasteiger partial charge in [0.1, 0.15) is 0 Å². The number of carbonyl (C=O) groups excluding carboxylic acids is 1. The summed E-state index contributed by atoms with van der Waals surface area (Å²) in [6.45, 7) is 4.26. The summed E-state index contributed by atoms with van der Waals surface area (Å²) in [5, 5.41) is 7.77. The number of nitrogens with one attached hydrogen (secondary N) is 1. The van der Waals surface area contributed by atoms with Crippen LogP contribution in [-0.2, 0) is 24.8 Å². The first kappa shape index (κ1) is 14.3. The van der Waals surface area contributed by atoms with Gasteiger partial charge in [0, 0.05) is 37.1 Å². The van der Waals surface area contributed by atoms with Crippen LogP contribution in [0.4, 0.5) is 0 Å². The standard InChI is InChI=1S/C16H18N4O2/c1-10-6-13-7-12(4-5-14(13)20(10)3)9-17-16(21)8-15-18-11(2)22-19-15/h4-7H,8-9H2,1-3H3,(H,17,21). The van der Waals surface area contributed by atoms with E-state index in [1.807, 2.05) is 13.1 Å². The molecular formula is C16H18N4O2. The Balaban J connectivity index is 1.64. The number of benzene rings is 1. The van der Waals surface area contributed by atoms with E-state index < -0.39 is 0 Å². The van der Waals surface area contributed by atoms with Crippen molar-refractivity contribution >= 4 is 16.8 Å². The van der Waals surface area contributed by atoms with E-state index in [4.69, 9.17) is 4.52 Å². The van der Waals surface area contributed by atoms with Crippen LogP contribution in [0.2, 0.25) is 0 Å². The Morgan fingerprint density at radius 3 is 2.86 bits per heavy atom. The summed E-state index contributed by atoms with van der Waals surface area (Å²) in [6, 6.07) is 8.34. The molecule has 6 heteroatoms. The Morgan fingerprint density at radius 2 is 2.14 bits per heavy atom. The molecule has 1 aromatic carbocycles. The Kier molecular flexibility index (Phi) is 3.66. The third-order valence-electron chi connectivity index (χ3n) is 3.72. The van der Waals surface area contributed by atoms with Crippen molar-refractivity contribution in [3.05, 3.63) is 47.2 Å². The van der Waals surface area contributed by atoms with Crippen LogP contribution in [0.15, 0.2) is 28.8 Å². The molecule has 0 saturated heterocycles. The minimum Gasteiger partial charge on any atom is -0.352 e. The molecule has 2 aromatic heterocycles. The molecule has 0 aliphatic carbocycles. The third-order valence-corrected chi connectivity index (χ3v) is 3.72. The molecule has 0 fully saturated rings. The fourth-order valence-corrected chi connectivity index (χ4v) is 2.47. The summed E-state index contributed by atoms with van der Waals surface area (Å²) in [7, 11) is 2.05. The van der Waals surface area contributed by atoms with E-state index in [2.05, 4.69) is 45.1 Å². The Labute approximate surface area is 128 Å². The van der Waals surface area contributed by atoms with Crippen LogP contribution in [0.5, 0.6) is 0 Å². The molecule has 0 unspecified atom stereocenters. The van der Waals surface area contributed by atoms with Gasteiger partial charge in [-0.2, -0.15) is 4.98 Å². The number of hydrogen-bond acceptors (Lipinski definition) is 4. The Bertz CT molecular complexity index is 832. The number of rotatable bonds is 4. The van der Waals surface area contributed by atoms with E-state index in [0.717, 1.165) is 5.56 Å². The van der Waals surface area contributed by atoms with Crippen molar-refractivity contribution in [2.24, 2.45) is 7.05 Å². The highest BCUT2D eigenvalue weighted by Crippen LogP contribution is 2.19. The molecule has 114 valence electrons. The number of hydrogen-bond donors (Lipinski definition) is 1. The second-order valence-corrected chi connectivity index (χ2v) is 5.42. The maximum absolute atomic E-state index is 11.9. The third kappa shape index (κ3) is 2.86. The van der Waals surface area contributed by atoms with Crippen molar-refractivity contribution in [2.45, 2.75) is 26.8 Å². The summed E-state index contributed by atoms with van der Waals surface area (Å²) in [5.74, 6) is 0.752. The molecule has 0 atom stereocenters. The predicted molar refractivity (Wildman–Crippen MR) is 82.2 cm³/mol. The number of fused-ring (bicyclic) bond motifs is 1. The first-order chi connectivity index (χ1) is 10.5. The van der Waals surface area contributed by atoms with E-state index in [0.29, 0.717) is 18.3 Å². The molecule has 3 rings (SSSR count). The molecule has 1 amide bonds. The monoisotopic (exact) mass is 298 g/mol. The lowest BCUT2D eigenvalue weighted by Gasteiger charge is -2.05. The molecule has 22 heavy (non-hydrogen) atoms. The SMILES string of the molecule is Cc1nc(CC(=O)NCc2ccc3c(c2)cc(C)n3C)no1. The lowest BCUT2D eigenvalue weighted by atomic mass is 10.1. The molecule has 1 N–H and O–H groups in total. The normalized spacial score (nSPS) is 11.0. The van der Waals surface area contributed by atoms with Gasteiger partial charge in [-0.15, -0.1) is 0 Å². The zero-order valence-electron chi connectivity index (χ0n) is 12.9. The topological polar surface area (TPSA) is 73.0 Å². The van der Waals surface area contributed by atoms with Crippen molar-refractivity contribution in [3.63, 3.8) is 0 Å². The largest absolute Gasteiger partial charge is 0.352 e. The van der Waals surface area contributed by atoms with Crippen LogP contribution in [0.3, 0.4) is 0 Å². The molecule has 2 heterocycles. The van der Waals surface area contributed by atoms with Gasteiger partial charge in [0.2, 0.25) is 11.8 Å². The van der Waals surface area contributed by atoms with Gasteiger partial charge in [-0.05, 0) is 30.7 Å². The van der Waals surface area contributed by atoms with Crippen LogP contribution in [0, 0.1) is 13.8 Å². The van der Waals surface area contributed by atoms with Crippen molar-refractivity contribution in [1.29, 1.82) is 0 Å². The molecule has 3 aromatic rings. The lowest BCUT2D eigenvalue weighted by Crippen LogP contribution is -2.25. The van der Waals surface area contributed by atoms with E-state index in [-0.39, 0.29) is 12.3 Å². The summed E-state index contributed by atoms with van der Waals surface area (Å²) in [5.41, 5.74) is 3.47. The van der Waals surface area contributed by atoms with Crippen molar-refractivity contribution < 1.29 is 9.32 Å². The molecule has 0 radical (unpaired) electrons. The maximum Gasteiger partial charge on any atom is 0.228 e. The minimum atomic E-state index is -0.120. The highest BCUT2D eigenvalue weighted by atomic mass is 16.5. The van der Waals surface area contributed by atoms with E-state index in [9.17, 15) is 4.79 Å². The molecule has 0 spiro atoms. The number of carbonyl (C=O) groups is 1. The summed E-state index contributed by atoms with van der Waals surface area (Å²) < 4.78 is 7.00. The van der Waals surface area contributed by atoms with Gasteiger partial charge in [-0.3, -0.25) is 4.79 Å². The zero-order valence-corrected chi connectivity index (χ0v) is 12.9. The average Bonchev–Trinajstić information content (AvgIpc) is 3.01. The fraction of sp³-hybridized carbons (Fsp3) is 0.312. The fourth-order valence-electron chi connectivity index (χ4n) is 2.47. The zero-order chi connectivity index (χ0) is 15.7. The number of aryl methyl sites for hydroxylation is 3. The maximum atomic E-state index is 11.9. The van der Waals surface area contributed by atoms with Crippen molar-refractivity contribution in [2.75, 3.05) is 0 Å². The molecule has 0 aliphatic heterocycles. The van der Waals surface area contributed by atoms with Gasteiger partial charge in [0.15, 0.2) is 5.82 Å². The number of aromatic nitrogens is 3. The number of nitrogens with zero attached hydrogens (tertiary/aromatic N) is 3. The van der Waals surface area contributed by atoms with Crippen molar-refractivity contribution in [1.82, 2.24) is 20.0 Å². The summed E-state index contributed by atoms with van der Waals surface area (Å²) in [6.07, 6.45) is 0.129. The minimum absolute atomic E-state index is 0.120. The van der Waals surface area contributed by atoms with Crippen LogP contribution >= 0.6 is 0 Å². The van der Waals surface area contributed by atoms with Crippen LogP contribution in [-0.4, -0.2) is 20.6 Å². The second-order valence-electron chi connectivity index (χ2n) is 5.42. The quantitative estimate of drug-likeness (QED) is 0.800. The summed E-state index contributed by atoms with van der Waals surface area (Å²) >= 11 is 0. The van der Waals surface area contributed by atoms with Gasteiger partial charge in [-0.1, -0.05) is 11.2 Å². The van der Waals surface area contributed by atoms with Gasteiger partial charge >= 0.3 is 0 Å². The summed E-state index contributed by atoms with van der Waals surface area (Å²) in [4.78, 5) is 15.9. The van der Waals surface area contributed by atoms with E-state index in [1.54, 1.807) is 6.92 Å². The molecule has 6 nitrogen and oxygen atoms in total. The van der Waals surface area contributed by atoms with Crippen LogP contribution in [0.1, 0.15) is 23.0 Å². The van der Waals surface area contributed by atoms with E-state index in [1.165, 1.54) is 16.6 Å². The van der Waals surface area contributed by atoms with E-state index >= 15 is 0 Å². The smallest absolute Gasteiger partial charge is 0.228 e. The first-order valence-electron chi connectivity index (χ1n) is 7.14. The molecule has 0 saturated carbocycles. The predicted octanol–water partition coefficient (Wildman–Crippen LogP) is 2.04. The Hall–Kier alpha value is -2.63. The van der Waals surface area contributed by atoms with Gasteiger partial charge in [0.25, 0.3) is 0 Å². The average molecular weight is 298 g/mol. The molecular weight excluding hydrogens is 280 g/mol. The van der Waals surface area contributed by atoms with Gasteiger partial charge in [0.05, 0.1) is 6.42 Å². The Morgan fingerprint density at radius 1 is 1.32 bits per heavy atom.